The van der Waals surface area contributed by atoms with Gasteiger partial charge in [-0.15, -0.1) is 0 Å². The van der Waals surface area contributed by atoms with Gasteiger partial charge in [0.1, 0.15) is 0 Å². The van der Waals surface area contributed by atoms with Gasteiger partial charge in [0, 0.05) is 19.1 Å². The second-order valence-corrected chi connectivity index (χ2v) is 5.50. The third-order valence-corrected chi connectivity index (χ3v) is 3.94. The maximum Gasteiger partial charge on any atom is 0.234 e. The zero-order valence-corrected chi connectivity index (χ0v) is 11.3. The second-order valence-electron chi connectivity index (χ2n) is 5.50. The Morgan fingerprint density at radius 1 is 1.06 bits per heavy atom. The van der Waals surface area contributed by atoms with Crippen LogP contribution in [0.25, 0.3) is 0 Å². The summed E-state index contributed by atoms with van der Waals surface area (Å²) in [6, 6.07) is 0.416. The Bertz CT molecular complexity index is 244. The highest BCUT2D eigenvalue weighted by molar-refractivity contribution is 5.78. The van der Waals surface area contributed by atoms with Crippen LogP contribution < -0.4 is 5.32 Å². The Hall–Kier alpha value is -0.610. The largest absolute Gasteiger partial charge is 0.379 e. The van der Waals surface area contributed by atoms with Gasteiger partial charge in [-0.3, -0.25) is 9.69 Å². The molecule has 4 heteroatoms. The smallest absolute Gasteiger partial charge is 0.234 e. The van der Waals surface area contributed by atoms with E-state index in [1.54, 1.807) is 0 Å². The topological polar surface area (TPSA) is 41.6 Å². The maximum atomic E-state index is 12.0. The van der Waals surface area contributed by atoms with Crippen LogP contribution in [0.2, 0.25) is 0 Å². The summed E-state index contributed by atoms with van der Waals surface area (Å²) >= 11 is 0. The van der Waals surface area contributed by atoms with Gasteiger partial charge in [0.25, 0.3) is 0 Å². The van der Waals surface area contributed by atoms with Gasteiger partial charge in [0.2, 0.25) is 5.91 Å². The Morgan fingerprint density at radius 3 is 2.33 bits per heavy atom. The summed E-state index contributed by atoms with van der Waals surface area (Å²) in [6.07, 6.45) is 8.88. The number of hydrogen-bond acceptors (Lipinski definition) is 3. The van der Waals surface area contributed by atoms with Gasteiger partial charge < -0.3 is 10.1 Å². The van der Waals surface area contributed by atoms with E-state index in [0.29, 0.717) is 12.6 Å². The van der Waals surface area contributed by atoms with E-state index in [-0.39, 0.29) is 5.91 Å². The summed E-state index contributed by atoms with van der Waals surface area (Å²) in [6.45, 7) is 3.84. The minimum atomic E-state index is 0.197. The van der Waals surface area contributed by atoms with E-state index in [2.05, 4.69) is 10.2 Å². The van der Waals surface area contributed by atoms with Crippen molar-refractivity contribution >= 4 is 5.91 Å². The van der Waals surface area contributed by atoms with E-state index in [9.17, 15) is 4.79 Å². The summed E-state index contributed by atoms with van der Waals surface area (Å²) in [5, 5.41) is 3.21. The molecule has 2 fully saturated rings. The lowest BCUT2D eigenvalue weighted by Gasteiger charge is -2.27. The minimum absolute atomic E-state index is 0.197. The Balaban J connectivity index is 1.68. The molecule has 0 unspecified atom stereocenters. The molecule has 1 aliphatic carbocycles. The van der Waals surface area contributed by atoms with Crippen LogP contribution in [-0.4, -0.2) is 49.7 Å². The van der Waals surface area contributed by atoms with Crippen LogP contribution in [0.15, 0.2) is 0 Å². The zero-order valence-electron chi connectivity index (χ0n) is 11.3. The summed E-state index contributed by atoms with van der Waals surface area (Å²) in [5.74, 6) is 0.197. The molecule has 2 aliphatic rings. The highest BCUT2D eigenvalue weighted by Gasteiger charge is 2.17. The first-order valence-corrected chi connectivity index (χ1v) is 7.44. The predicted molar refractivity (Wildman–Crippen MR) is 71.5 cm³/mol. The summed E-state index contributed by atoms with van der Waals surface area (Å²) < 4.78 is 5.29. The third-order valence-electron chi connectivity index (χ3n) is 3.94. The van der Waals surface area contributed by atoms with Gasteiger partial charge in [-0.2, -0.15) is 0 Å². The number of amides is 1. The highest BCUT2D eigenvalue weighted by Crippen LogP contribution is 2.17. The van der Waals surface area contributed by atoms with E-state index < -0.39 is 0 Å². The fourth-order valence-electron chi connectivity index (χ4n) is 2.84. The molecule has 18 heavy (non-hydrogen) atoms. The van der Waals surface area contributed by atoms with Crippen molar-refractivity contribution in [2.24, 2.45) is 0 Å². The number of hydrogen-bond donors (Lipinski definition) is 1. The van der Waals surface area contributed by atoms with Crippen molar-refractivity contribution in [1.29, 1.82) is 0 Å². The van der Waals surface area contributed by atoms with Gasteiger partial charge >= 0.3 is 0 Å². The molecule has 0 atom stereocenters. The average molecular weight is 254 g/mol. The molecule has 0 aromatic heterocycles. The number of carbonyl (C=O) groups excluding carboxylic acids is 1. The van der Waals surface area contributed by atoms with Crippen molar-refractivity contribution in [2.75, 3.05) is 32.8 Å². The number of nitrogens with one attached hydrogen (secondary N) is 1. The highest BCUT2D eigenvalue weighted by atomic mass is 16.5. The first kappa shape index (κ1) is 13.8. The van der Waals surface area contributed by atoms with Crippen LogP contribution in [0.4, 0.5) is 0 Å². The molecule has 0 bridgehead atoms. The standard InChI is InChI=1S/C14H26N2O2/c17-14(12-16-8-10-18-11-9-16)15-13-6-4-2-1-3-5-7-13/h13H,1-12H2,(H,15,17). The molecular weight excluding hydrogens is 228 g/mol. The van der Waals surface area contributed by atoms with Crippen LogP contribution in [0.1, 0.15) is 44.9 Å². The summed E-state index contributed by atoms with van der Waals surface area (Å²) in [4.78, 5) is 14.2. The third kappa shape index (κ3) is 4.94. The van der Waals surface area contributed by atoms with Gasteiger partial charge in [0.15, 0.2) is 0 Å². The Labute approximate surface area is 110 Å². The van der Waals surface area contributed by atoms with Crippen LogP contribution in [0, 0.1) is 0 Å². The summed E-state index contributed by atoms with van der Waals surface area (Å²) in [7, 11) is 0. The van der Waals surface area contributed by atoms with Crippen LogP contribution in [0.3, 0.4) is 0 Å². The molecule has 1 heterocycles. The number of morpholine rings is 1. The Kier molecular flexibility index (Phi) is 5.94. The van der Waals surface area contributed by atoms with E-state index in [4.69, 9.17) is 4.74 Å². The minimum Gasteiger partial charge on any atom is -0.379 e. The van der Waals surface area contributed by atoms with Crippen molar-refractivity contribution in [3.05, 3.63) is 0 Å². The zero-order chi connectivity index (χ0) is 12.6. The van der Waals surface area contributed by atoms with Crippen LogP contribution in [0.5, 0.6) is 0 Å². The number of rotatable bonds is 3. The quantitative estimate of drug-likeness (QED) is 0.831. The van der Waals surface area contributed by atoms with Gasteiger partial charge in [-0.05, 0) is 12.8 Å². The lowest BCUT2D eigenvalue weighted by molar-refractivity contribution is -0.124. The predicted octanol–water partition coefficient (Wildman–Crippen LogP) is 1.55. The molecule has 104 valence electrons. The maximum absolute atomic E-state index is 12.0. The normalized spacial score (nSPS) is 24.2. The molecule has 1 aliphatic heterocycles. The van der Waals surface area contributed by atoms with Crippen molar-refractivity contribution in [3.8, 4) is 0 Å². The monoisotopic (exact) mass is 254 g/mol. The van der Waals surface area contributed by atoms with Crippen molar-refractivity contribution < 1.29 is 9.53 Å². The van der Waals surface area contributed by atoms with Crippen molar-refractivity contribution in [1.82, 2.24) is 10.2 Å². The van der Waals surface area contributed by atoms with Crippen LogP contribution in [-0.2, 0) is 9.53 Å². The Morgan fingerprint density at radius 2 is 1.67 bits per heavy atom. The number of ether oxygens (including phenoxy) is 1. The lowest BCUT2D eigenvalue weighted by atomic mass is 9.97. The molecule has 1 saturated carbocycles. The molecule has 0 spiro atoms. The molecule has 4 nitrogen and oxygen atoms in total. The fourth-order valence-corrected chi connectivity index (χ4v) is 2.84. The second kappa shape index (κ2) is 7.74. The average Bonchev–Trinajstić information content (AvgIpc) is 2.34. The van der Waals surface area contributed by atoms with Gasteiger partial charge in [0.05, 0.1) is 19.8 Å². The lowest BCUT2D eigenvalue weighted by Crippen LogP contribution is -2.45. The molecule has 1 saturated heterocycles. The summed E-state index contributed by atoms with van der Waals surface area (Å²) in [5.41, 5.74) is 0. The number of nitrogens with zero attached hydrogens (tertiary/aromatic N) is 1. The van der Waals surface area contributed by atoms with Gasteiger partial charge in [-0.1, -0.05) is 32.1 Å². The molecule has 0 aromatic rings. The SMILES string of the molecule is O=C(CN1CCOCC1)NC1CCCCCCC1. The molecular formula is C14H26N2O2. The van der Waals surface area contributed by atoms with E-state index >= 15 is 0 Å². The van der Waals surface area contributed by atoms with Crippen molar-refractivity contribution in [3.63, 3.8) is 0 Å². The van der Waals surface area contributed by atoms with Gasteiger partial charge in [-0.25, -0.2) is 0 Å². The van der Waals surface area contributed by atoms with Crippen molar-refractivity contribution in [2.45, 2.75) is 51.0 Å². The van der Waals surface area contributed by atoms with E-state index in [1.807, 2.05) is 0 Å². The fraction of sp³-hybridized carbons (Fsp3) is 0.929. The molecule has 1 N–H and O–H groups in total. The molecule has 1 amide bonds. The first-order chi connectivity index (χ1) is 8.84. The van der Waals surface area contributed by atoms with Crippen LogP contribution >= 0.6 is 0 Å². The van der Waals surface area contributed by atoms with E-state index in [1.165, 1.54) is 32.1 Å². The number of carbonyl (C=O) groups is 1. The molecule has 0 radical (unpaired) electrons. The first-order valence-electron chi connectivity index (χ1n) is 7.44. The molecule has 0 aromatic carbocycles. The van der Waals surface area contributed by atoms with E-state index in [0.717, 1.165) is 39.1 Å². The molecule has 2 rings (SSSR count).